The Balaban J connectivity index is 2.02. The van der Waals surface area contributed by atoms with E-state index in [2.05, 4.69) is 10.6 Å². The topological polar surface area (TPSA) is 61.4 Å². The normalized spacial score (nSPS) is 19.9. The van der Waals surface area contributed by atoms with Crippen molar-refractivity contribution in [2.24, 2.45) is 0 Å². The Hall–Kier alpha value is -1.55. The summed E-state index contributed by atoms with van der Waals surface area (Å²) in [5.41, 5.74) is 1.56. The van der Waals surface area contributed by atoms with Gasteiger partial charge in [-0.1, -0.05) is 18.2 Å². The molecule has 1 aliphatic heterocycles. The molecular weight excluding hydrogens is 228 g/mol. The Morgan fingerprint density at radius 2 is 2.17 bits per heavy atom. The predicted molar refractivity (Wildman–Crippen MR) is 71.5 cm³/mol. The van der Waals surface area contributed by atoms with Gasteiger partial charge in [0.1, 0.15) is 6.04 Å². The van der Waals surface area contributed by atoms with Crippen molar-refractivity contribution in [1.82, 2.24) is 5.32 Å². The van der Waals surface area contributed by atoms with Crippen LogP contribution in [-0.2, 0) is 11.2 Å². The Labute approximate surface area is 107 Å². The van der Waals surface area contributed by atoms with Crippen LogP contribution >= 0.6 is 0 Å². The maximum Gasteiger partial charge on any atom is 0.243 e. The summed E-state index contributed by atoms with van der Waals surface area (Å²) in [4.78, 5) is 12.1. The van der Waals surface area contributed by atoms with Crippen molar-refractivity contribution in [2.45, 2.75) is 44.9 Å². The smallest absolute Gasteiger partial charge is 0.243 e. The quantitative estimate of drug-likeness (QED) is 0.755. The van der Waals surface area contributed by atoms with Gasteiger partial charge in [0.05, 0.1) is 11.6 Å². The molecule has 3 N–H and O–H groups in total. The molecule has 2 rings (SSSR count). The van der Waals surface area contributed by atoms with Gasteiger partial charge in [-0.15, -0.1) is 0 Å². The molecule has 1 aliphatic rings. The molecule has 2 atom stereocenters. The van der Waals surface area contributed by atoms with Crippen LogP contribution in [0.5, 0.6) is 0 Å². The number of fused-ring (bicyclic) bond motifs is 1. The van der Waals surface area contributed by atoms with Gasteiger partial charge in [0.25, 0.3) is 0 Å². The van der Waals surface area contributed by atoms with E-state index in [1.807, 2.05) is 38.1 Å². The van der Waals surface area contributed by atoms with Gasteiger partial charge in [-0.05, 0) is 32.4 Å². The van der Waals surface area contributed by atoms with Crippen LogP contribution in [0.25, 0.3) is 0 Å². The summed E-state index contributed by atoms with van der Waals surface area (Å²) in [6.45, 7) is 5.31. The van der Waals surface area contributed by atoms with Crippen LogP contribution in [0.15, 0.2) is 24.3 Å². The zero-order valence-electron chi connectivity index (χ0n) is 11.0. The van der Waals surface area contributed by atoms with E-state index < -0.39 is 11.6 Å². The average Bonchev–Trinajstić information content (AvgIpc) is 2.71. The maximum absolute atomic E-state index is 12.1. The fourth-order valence-corrected chi connectivity index (χ4v) is 1.97. The highest BCUT2D eigenvalue weighted by atomic mass is 16.3. The number of anilines is 1. The van der Waals surface area contributed by atoms with Crippen molar-refractivity contribution in [3.8, 4) is 0 Å². The molecular formula is C14H20N2O2. The van der Waals surface area contributed by atoms with E-state index in [4.69, 9.17) is 0 Å². The molecule has 0 radical (unpaired) electrons. The van der Waals surface area contributed by atoms with Crippen LogP contribution < -0.4 is 10.6 Å². The lowest BCUT2D eigenvalue weighted by Gasteiger charge is -2.30. The number of nitrogens with one attached hydrogen (secondary N) is 2. The molecule has 0 aromatic heterocycles. The van der Waals surface area contributed by atoms with Crippen molar-refractivity contribution in [1.29, 1.82) is 0 Å². The summed E-state index contributed by atoms with van der Waals surface area (Å²) < 4.78 is 0. The molecule has 1 amide bonds. The predicted octanol–water partition coefficient (Wildman–Crippen LogP) is 1.30. The molecule has 0 saturated heterocycles. The van der Waals surface area contributed by atoms with Crippen molar-refractivity contribution in [3.05, 3.63) is 29.8 Å². The Kier molecular flexibility index (Phi) is 3.30. The van der Waals surface area contributed by atoms with E-state index in [-0.39, 0.29) is 11.9 Å². The molecule has 0 bridgehead atoms. The third-order valence-corrected chi connectivity index (χ3v) is 3.58. The third-order valence-electron chi connectivity index (χ3n) is 3.58. The lowest BCUT2D eigenvalue weighted by Crippen LogP contribution is -2.54. The molecule has 0 aliphatic carbocycles. The van der Waals surface area contributed by atoms with Crippen molar-refractivity contribution < 1.29 is 9.90 Å². The van der Waals surface area contributed by atoms with Crippen molar-refractivity contribution in [3.63, 3.8) is 0 Å². The summed E-state index contributed by atoms with van der Waals surface area (Å²) in [7, 11) is 0. The number of aliphatic hydroxyl groups excluding tert-OH is 1. The Morgan fingerprint density at radius 3 is 2.78 bits per heavy atom. The minimum atomic E-state index is -0.618. The molecule has 4 heteroatoms. The molecule has 0 saturated carbocycles. The number of aliphatic hydroxyl groups is 1. The summed E-state index contributed by atoms with van der Waals surface area (Å²) in [5.74, 6) is -0.0721. The number of para-hydroxylation sites is 1. The van der Waals surface area contributed by atoms with Gasteiger partial charge in [0, 0.05) is 12.1 Å². The fourth-order valence-electron chi connectivity index (χ4n) is 1.97. The Bertz CT molecular complexity index is 430. The van der Waals surface area contributed by atoms with Gasteiger partial charge >= 0.3 is 0 Å². The van der Waals surface area contributed by atoms with Crippen LogP contribution in [0.2, 0.25) is 0 Å². The number of hydrogen-bond acceptors (Lipinski definition) is 3. The standard InChI is InChI=1S/C14H20N2O2/c1-9(17)14(2,3)16-13(18)12-8-10-6-4-5-7-11(10)15-12/h4-7,9,12,15,17H,8H2,1-3H3,(H,16,18). The van der Waals surface area contributed by atoms with Crippen LogP contribution in [0.1, 0.15) is 26.3 Å². The zero-order valence-corrected chi connectivity index (χ0v) is 11.0. The molecule has 0 fully saturated rings. The molecule has 2 unspecified atom stereocenters. The van der Waals surface area contributed by atoms with Crippen LogP contribution in [-0.4, -0.2) is 28.7 Å². The van der Waals surface area contributed by atoms with E-state index in [0.717, 1.165) is 11.3 Å². The maximum atomic E-state index is 12.1. The molecule has 0 spiro atoms. The zero-order chi connectivity index (χ0) is 13.3. The molecule has 1 aromatic carbocycles. The number of amides is 1. The van der Waals surface area contributed by atoms with Crippen molar-refractivity contribution in [2.75, 3.05) is 5.32 Å². The number of carbonyl (C=O) groups excluding carboxylic acids is 1. The van der Waals surface area contributed by atoms with Crippen LogP contribution in [0.4, 0.5) is 5.69 Å². The second kappa shape index (κ2) is 4.61. The van der Waals surface area contributed by atoms with Crippen molar-refractivity contribution >= 4 is 11.6 Å². The van der Waals surface area contributed by atoms with Gasteiger partial charge < -0.3 is 15.7 Å². The second-order valence-corrected chi connectivity index (χ2v) is 5.45. The summed E-state index contributed by atoms with van der Waals surface area (Å²) in [6, 6.07) is 7.67. The minimum Gasteiger partial charge on any atom is -0.391 e. The van der Waals surface area contributed by atoms with Gasteiger partial charge in [0.2, 0.25) is 5.91 Å². The summed E-state index contributed by atoms with van der Waals surface area (Å²) in [5, 5.41) is 15.7. The highest BCUT2D eigenvalue weighted by Gasteiger charge is 2.32. The van der Waals surface area contributed by atoms with Crippen LogP contribution in [0.3, 0.4) is 0 Å². The van der Waals surface area contributed by atoms with Gasteiger partial charge in [-0.2, -0.15) is 0 Å². The van der Waals surface area contributed by atoms with Gasteiger partial charge in [-0.25, -0.2) is 0 Å². The van der Waals surface area contributed by atoms with Gasteiger partial charge in [-0.3, -0.25) is 4.79 Å². The van der Waals surface area contributed by atoms with Gasteiger partial charge in [0.15, 0.2) is 0 Å². The number of carbonyl (C=O) groups is 1. The monoisotopic (exact) mass is 248 g/mol. The fraction of sp³-hybridized carbons (Fsp3) is 0.500. The average molecular weight is 248 g/mol. The third kappa shape index (κ3) is 2.48. The van der Waals surface area contributed by atoms with E-state index in [1.165, 1.54) is 0 Å². The Morgan fingerprint density at radius 1 is 1.50 bits per heavy atom. The minimum absolute atomic E-state index is 0.0721. The van der Waals surface area contributed by atoms with Crippen LogP contribution in [0, 0.1) is 0 Å². The van der Waals surface area contributed by atoms with E-state index >= 15 is 0 Å². The molecule has 98 valence electrons. The largest absolute Gasteiger partial charge is 0.391 e. The van der Waals surface area contributed by atoms with E-state index in [1.54, 1.807) is 6.92 Å². The molecule has 18 heavy (non-hydrogen) atoms. The molecule has 1 heterocycles. The first-order valence-electron chi connectivity index (χ1n) is 6.24. The molecule has 4 nitrogen and oxygen atoms in total. The highest BCUT2D eigenvalue weighted by molar-refractivity contribution is 5.87. The lowest BCUT2D eigenvalue weighted by atomic mass is 9.98. The van der Waals surface area contributed by atoms with E-state index in [0.29, 0.717) is 6.42 Å². The molecule has 1 aromatic rings. The first-order chi connectivity index (χ1) is 8.40. The number of hydrogen-bond donors (Lipinski definition) is 3. The summed E-state index contributed by atoms with van der Waals surface area (Å²) >= 11 is 0. The highest BCUT2D eigenvalue weighted by Crippen LogP contribution is 2.25. The SMILES string of the molecule is CC(O)C(C)(C)NC(=O)C1Cc2ccccc2N1. The summed E-state index contributed by atoms with van der Waals surface area (Å²) in [6.07, 6.45) is 0.1000. The second-order valence-electron chi connectivity index (χ2n) is 5.45. The number of rotatable bonds is 3. The first-order valence-corrected chi connectivity index (χ1v) is 6.24. The van der Waals surface area contributed by atoms with E-state index in [9.17, 15) is 9.90 Å². The first kappa shape index (κ1) is 12.9. The number of benzene rings is 1. The lowest BCUT2D eigenvalue weighted by molar-refractivity contribution is -0.124.